The first-order valence-corrected chi connectivity index (χ1v) is 7.77. The van der Waals surface area contributed by atoms with E-state index in [0.717, 1.165) is 16.7 Å². The van der Waals surface area contributed by atoms with Crippen molar-refractivity contribution in [1.82, 2.24) is 0 Å². The van der Waals surface area contributed by atoms with Crippen molar-refractivity contribution >= 4 is 0 Å². The zero-order valence-corrected chi connectivity index (χ0v) is 11.1. The molecule has 3 saturated carbocycles. The third-order valence-electron chi connectivity index (χ3n) is 6.54. The summed E-state index contributed by atoms with van der Waals surface area (Å²) in [7, 11) is 0. The van der Waals surface area contributed by atoms with E-state index in [1.54, 1.807) is 38.5 Å². The van der Waals surface area contributed by atoms with E-state index in [4.69, 9.17) is 0 Å². The summed E-state index contributed by atoms with van der Waals surface area (Å²) in [4.78, 5) is 0. The second-order valence-electron chi connectivity index (χ2n) is 7.11. The lowest BCUT2D eigenvalue weighted by atomic mass is 9.47. The fourth-order valence-electron chi connectivity index (χ4n) is 5.37. The van der Waals surface area contributed by atoms with E-state index in [-0.39, 0.29) is 0 Å². The number of hydrogen-bond donors (Lipinski definition) is 0. The van der Waals surface area contributed by atoms with Crippen LogP contribution in [-0.4, -0.2) is 0 Å². The van der Waals surface area contributed by atoms with E-state index >= 15 is 0 Å². The molecule has 0 nitrogen and oxygen atoms in total. The van der Waals surface area contributed by atoms with Crippen LogP contribution in [0.3, 0.4) is 0 Å². The summed E-state index contributed by atoms with van der Waals surface area (Å²) in [6, 6.07) is 0. The molecule has 16 heavy (non-hydrogen) atoms. The lowest BCUT2D eigenvalue weighted by Gasteiger charge is -2.57. The number of hydrogen-bond acceptors (Lipinski definition) is 0. The highest BCUT2D eigenvalue weighted by molar-refractivity contribution is 5.05. The molecule has 3 aliphatic rings. The molecule has 0 aromatic rings. The molecule has 0 aromatic carbocycles. The van der Waals surface area contributed by atoms with Crippen molar-refractivity contribution in [2.75, 3.05) is 0 Å². The highest BCUT2D eigenvalue weighted by Crippen LogP contribution is 2.66. The van der Waals surface area contributed by atoms with Gasteiger partial charge in [0.2, 0.25) is 0 Å². The van der Waals surface area contributed by atoms with Gasteiger partial charge in [-0.2, -0.15) is 0 Å². The van der Waals surface area contributed by atoms with Crippen molar-refractivity contribution in [3.8, 4) is 0 Å². The zero-order valence-electron chi connectivity index (χ0n) is 11.1. The van der Waals surface area contributed by atoms with Gasteiger partial charge >= 0.3 is 0 Å². The summed E-state index contributed by atoms with van der Waals surface area (Å²) >= 11 is 0. The minimum Gasteiger partial charge on any atom is -0.0591 e. The molecule has 0 heteroatoms. The topological polar surface area (TPSA) is 0 Å². The van der Waals surface area contributed by atoms with Crippen LogP contribution in [0.15, 0.2) is 0 Å². The first kappa shape index (κ1) is 11.1. The van der Waals surface area contributed by atoms with Gasteiger partial charge in [-0.15, -0.1) is 0 Å². The summed E-state index contributed by atoms with van der Waals surface area (Å²) in [5.74, 6) is 1.11. The monoisotopic (exact) mass is 220 g/mol. The molecule has 92 valence electrons. The Labute approximate surface area is 101 Å². The molecule has 0 unspecified atom stereocenters. The van der Waals surface area contributed by atoms with Gasteiger partial charge in [0, 0.05) is 0 Å². The molecule has 0 spiro atoms. The van der Waals surface area contributed by atoms with E-state index in [2.05, 4.69) is 6.92 Å². The van der Waals surface area contributed by atoms with Crippen LogP contribution in [-0.2, 0) is 0 Å². The Morgan fingerprint density at radius 2 is 1.31 bits per heavy atom. The molecule has 0 aromatic heterocycles. The second kappa shape index (κ2) is 4.03. The Balaban J connectivity index is 1.83. The zero-order chi connectivity index (χ0) is 11.1. The summed E-state index contributed by atoms with van der Waals surface area (Å²) in [5, 5.41) is 0. The lowest BCUT2D eigenvalue weighted by Crippen LogP contribution is -2.48. The van der Waals surface area contributed by atoms with Gasteiger partial charge in [-0.3, -0.25) is 0 Å². The minimum atomic E-state index is 0.755. The van der Waals surface area contributed by atoms with Crippen LogP contribution >= 0.6 is 0 Å². The molecular formula is C16H28. The molecule has 0 heterocycles. The van der Waals surface area contributed by atoms with Crippen LogP contribution in [0.5, 0.6) is 0 Å². The maximum atomic E-state index is 2.64. The van der Waals surface area contributed by atoms with Gasteiger partial charge in [0.25, 0.3) is 0 Å². The lowest BCUT2D eigenvalue weighted by molar-refractivity contribution is -0.0759. The van der Waals surface area contributed by atoms with Crippen molar-refractivity contribution in [3.05, 3.63) is 0 Å². The fraction of sp³-hybridized carbons (Fsp3) is 1.00. The summed E-state index contributed by atoms with van der Waals surface area (Å²) in [6.45, 7) is 2.64. The average Bonchev–Trinajstić information content (AvgIpc) is 2.78. The Kier molecular flexibility index (Phi) is 2.80. The average molecular weight is 220 g/mol. The van der Waals surface area contributed by atoms with E-state index < -0.39 is 0 Å². The van der Waals surface area contributed by atoms with Gasteiger partial charge in [0.15, 0.2) is 0 Å². The molecule has 0 radical (unpaired) electrons. The van der Waals surface area contributed by atoms with Gasteiger partial charge in [0.05, 0.1) is 0 Å². The predicted octanol–water partition coefficient (Wildman–Crippen LogP) is 5.32. The molecule has 3 fully saturated rings. The quantitative estimate of drug-likeness (QED) is 0.591. The van der Waals surface area contributed by atoms with E-state index in [1.165, 1.54) is 38.5 Å². The third kappa shape index (κ3) is 1.48. The molecule has 0 atom stereocenters. The Hall–Kier alpha value is 0. The third-order valence-corrected chi connectivity index (χ3v) is 6.54. The molecule has 3 aliphatic carbocycles. The van der Waals surface area contributed by atoms with E-state index in [9.17, 15) is 0 Å². The van der Waals surface area contributed by atoms with Crippen LogP contribution in [0.25, 0.3) is 0 Å². The van der Waals surface area contributed by atoms with Crippen molar-refractivity contribution in [1.29, 1.82) is 0 Å². The Bertz CT molecular complexity index is 237. The standard InChI is InChI=1S/C16H28/c1-15(10-7-11-15)16(12-5-6-13-16)14-8-3-2-4-9-14/h14H,2-13H2,1H3. The molecule has 0 amide bonds. The smallest absolute Gasteiger partial charge is 0.0215 e. The highest BCUT2D eigenvalue weighted by Gasteiger charge is 2.55. The molecule has 0 N–H and O–H groups in total. The fourth-order valence-corrected chi connectivity index (χ4v) is 5.37. The largest absolute Gasteiger partial charge is 0.0591 e. The van der Waals surface area contributed by atoms with Crippen molar-refractivity contribution in [2.24, 2.45) is 16.7 Å². The van der Waals surface area contributed by atoms with Crippen LogP contribution in [0.2, 0.25) is 0 Å². The van der Waals surface area contributed by atoms with Crippen molar-refractivity contribution < 1.29 is 0 Å². The molecule has 0 aliphatic heterocycles. The van der Waals surface area contributed by atoms with Crippen molar-refractivity contribution in [3.63, 3.8) is 0 Å². The van der Waals surface area contributed by atoms with Gasteiger partial charge in [-0.25, -0.2) is 0 Å². The van der Waals surface area contributed by atoms with Gasteiger partial charge in [-0.05, 0) is 55.3 Å². The summed E-state index contributed by atoms with van der Waals surface area (Å²) in [6.07, 6.45) is 18.5. The van der Waals surface area contributed by atoms with Crippen LogP contribution < -0.4 is 0 Å². The maximum Gasteiger partial charge on any atom is -0.0215 e. The summed E-state index contributed by atoms with van der Waals surface area (Å²) in [5.41, 5.74) is 1.55. The molecule has 3 rings (SSSR count). The van der Waals surface area contributed by atoms with Gasteiger partial charge < -0.3 is 0 Å². The maximum absolute atomic E-state index is 2.64. The molecule has 0 saturated heterocycles. The Morgan fingerprint density at radius 3 is 1.81 bits per heavy atom. The Morgan fingerprint density at radius 1 is 0.688 bits per heavy atom. The SMILES string of the molecule is CC1(C2(C3CCCCC3)CCCC2)CCC1. The first-order valence-electron chi connectivity index (χ1n) is 7.77. The van der Waals surface area contributed by atoms with Crippen LogP contribution in [0.1, 0.15) is 84.0 Å². The molecule has 0 bridgehead atoms. The number of rotatable bonds is 2. The molecular weight excluding hydrogens is 192 g/mol. The van der Waals surface area contributed by atoms with E-state index in [1.807, 2.05) is 0 Å². The predicted molar refractivity (Wildman–Crippen MR) is 69.4 cm³/mol. The van der Waals surface area contributed by atoms with Crippen LogP contribution in [0, 0.1) is 16.7 Å². The van der Waals surface area contributed by atoms with Crippen molar-refractivity contribution in [2.45, 2.75) is 84.0 Å². The minimum absolute atomic E-state index is 0.755. The van der Waals surface area contributed by atoms with Crippen LogP contribution in [0.4, 0.5) is 0 Å². The second-order valence-corrected chi connectivity index (χ2v) is 7.11. The van der Waals surface area contributed by atoms with Gasteiger partial charge in [0.1, 0.15) is 0 Å². The first-order chi connectivity index (χ1) is 7.77. The normalized spacial score (nSPS) is 33.6. The van der Waals surface area contributed by atoms with E-state index in [0.29, 0.717) is 0 Å². The highest BCUT2D eigenvalue weighted by atomic mass is 14.6. The van der Waals surface area contributed by atoms with Gasteiger partial charge in [-0.1, -0.05) is 45.4 Å². The summed E-state index contributed by atoms with van der Waals surface area (Å²) < 4.78 is 0.